The van der Waals surface area contributed by atoms with Crippen LogP contribution in [-0.2, 0) is 45.2 Å². The fourth-order valence-corrected chi connectivity index (χ4v) is 5.05. The normalized spacial score (nSPS) is 10.8. The molecule has 2 aromatic rings. The van der Waals surface area contributed by atoms with Gasteiger partial charge in [-0.05, 0) is 73.6 Å². The molecule has 0 aliphatic carbocycles. The molecule has 0 radical (unpaired) electrons. The van der Waals surface area contributed by atoms with Crippen LogP contribution in [-0.4, -0.2) is 22.2 Å². The summed E-state index contributed by atoms with van der Waals surface area (Å²) in [5.41, 5.74) is 3.03. The van der Waals surface area contributed by atoms with Gasteiger partial charge in [0, 0.05) is 0 Å². The Morgan fingerprint density at radius 2 is 0.930 bits per heavy atom. The summed E-state index contributed by atoms with van der Waals surface area (Å²) in [6.07, 6.45) is 14.3. The largest absolute Gasteiger partial charge is 2.00 e. The average Bonchev–Trinajstić information content (AvgIpc) is 2.93. The zero-order valence-electron chi connectivity index (χ0n) is 27.6. The van der Waals surface area contributed by atoms with Gasteiger partial charge in [0.1, 0.15) is 0 Å². The molecule has 0 fully saturated rings. The quantitative estimate of drug-likeness (QED) is 0.124. The van der Waals surface area contributed by atoms with E-state index in [0.717, 1.165) is 61.5 Å². The molecule has 236 valence electrons. The number of aryl methyl sites for hydroxylation is 4. The Hall–Kier alpha value is -2.40. The number of carbonyl (C=O) groups is 2. The van der Waals surface area contributed by atoms with Crippen molar-refractivity contribution in [2.45, 2.75) is 131 Å². The zero-order chi connectivity index (χ0) is 31.7. The Bertz CT molecular complexity index is 1020. The molecule has 0 saturated heterocycles. The van der Waals surface area contributed by atoms with Crippen molar-refractivity contribution in [3.05, 3.63) is 57.6 Å². The maximum Gasteiger partial charge on any atom is 2.00 e. The first-order chi connectivity index (χ1) is 19.9. The third kappa shape index (κ3) is 15.8. The maximum atomic E-state index is 12.1. The van der Waals surface area contributed by atoms with Gasteiger partial charge in [-0.25, -0.2) is 9.59 Å². The van der Waals surface area contributed by atoms with Crippen LogP contribution in [0.15, 0.2) is 24.3 Å². The Morgan fingerprint density at radius 3 is 1.21 bits per heavy atom. The van der Waals surface area contributed by atoms with E-state index in [0.29, 0.717) is 24.0 Å². The number of benzene rings is 2. The van der Waals surface area contributed by atoms with Crippen LogP contribution in [0.2, 0.25) is 0 Å². The topological polar surface area (TPSA) is 121 Å². The van der Waals surface area contributed by atoms with Crippen LogP contribution >= 0.6 is 0 Å². The van der Waals surface area contributed by atoms with Gasteiger partial charge in [-0.3, -0.25) is 0 Å². The van der Waals surface area contributed by atoms with Crippen molar-refractivity contribution in [2.24, 2.45) is 11.8 Å². The van der Waals surface area contributed by atoms with Crippen molar-refractivity contribution in [3.8, 4) is 11.5 Å². The van der Waals surface area contributed by atoms with E-state index in [1.54, 1.807) is 0 Å². The predicted octanol–water partition coefficient (Wildman–Crippen LogP) is 8.34. The summed E-state index contributed by atoms with van der Waals surface area (Å²) >= 11 is 0. The molecule has 0 unspecified atom stereocenters. The smallest absolute Gasteiger partial charge is 0.872 e. The second-order valence-electron chi connectivity index (χ2n) is 12.3. The molecule has 6 nitrogen and oxygen atoms in total. The molecule has 0 saturated carbocycles. The van der Waals surface area contributed by atoms with Gasteiger partial charge < -0.3 is 20.4 Å². The Balaban J connectivity index is 0.000000802. The first-order valence-corrected chi connectivity index (χ1v) is 16.0. The van der Waals surface area contributed by atoms with E-state index in [1.165, 1.54) is 50.7 Å². The summed E-state index contributed by atoms with van der Waals surface area (Å²) in [6, 6.07) is 6.78. The monoisotopic (exact) mass is 646 g/mol. The SMILES string of the molecule is CCc1cc(CCCCCCC(C)C)c([O-])c(C(=O)O)c1.CCc1cc(CCCCCCC(C)C)c([O-])c(C(=O)O)c1.[Zn+2]. The van der Waals surface area contributed by atoms with Crippen LogP contribution in [0.1, 0.15) is 149 Å². The number of carboxylic acids is 2. The molecule has 0 aliphatic rings. The number of carboxylic acid groups (broad SMARTS) is 2. The number of hydrogen-bond acceptors (Lipinski definition) is 4. The number of rotatable bonds is 18. The first-order valence-electron chi connectivity index (χ1n) is 16.0. The minimum atomic E-state index is -1.12. The number of hydrogen-bond donors (Lipinski definition) is 2. The molecule has 0 atom stereocenters. The summed E-state index contributed by atoms with van der Waals surface area (Å²) in [5.74, 6) is -1.35. The second kappa shape index (κ2) is 22.2. The van der Waals surface area contributed by atoms with E-state index in [-0.39, 0.29) is 42.1 Å². The summed E-state index contributed by atoms with van der Waals surface area (Å²) in [7, 11) is 0. The molecule has 0 aliphatic heterocycles. The van der Waals surface area contributed by atoms with E-state index in [2.05, 4.69) is 27.7 Å². The second-order valence-corrected chi connectivity index (χ2v) is 12.3. The number of unbranched alkanes of at least 4 members (excludes halogenated alkanes) is 6. The summed E-state index contributed by atoms with van der Waals surface area (Å²) in [6.45, 7) is 12.9. The summed E-state index contributed by atoms with van der Waals surface area (Å²) in [4.78, 5) is 22.2. The first kappa shape index (κ1) is 40.6. The molecule has 0 aromatic heterocycles. The van der Waals surface area contributed by atoms with Crippen molar-refractivity contribution in [2.75, 3.05) is 0 Å². The third-order valence-electron chi connectivity index (χ3n) is 7.68. The van der Waals surface area contributed by atoms with Crippen molar-refractivity contribution >= 4 is 11.9 Å². The van der Waals surface area contributed by atoms with E-state index in [4.69, 9.17) is 10.2 Å². The minimum absolute atomic E-state index is 0. The Kier molecular flexibility index (Phi) is 20.9. The van der Waals surface area contributed by atoms with Gasteiger partial charge in [-0.2, -0.15) is 0 Å². The fourth-order valence-electron chi connectivity index (χ4n) is 5.05. The van der Waals surface area contributed by atoms with Crippen LogP contribution < -0.4 is 10.2 Å². The van der Waals surface area contributed by atoms with Crippen molar-refractivity contribution in [1.29, 1.82) is 0 Å². The van der Waals surface area contributed by atoms with E-state index < -0.39 is 11.9 Å². The molecule has 43 heavy (non-hydrogen) atoms. The summed E-state index contributed by atoms with van der Waals surface area (Å²) in [5, 5.41) is 42.4. The van der Waals surface area contributed by atoms with Crippen molar-refractivity contribution in [3.63, 3.8) is 0 Å². The fraction of sp³-hybridized carbons (Fsp3) is 0.611. The Labute approximate surface area is 273 Å². The Morgan fingerprint density at radius 1 is 0.605 bits per heavy atom. The van der Waals surface area contributed by atoms with E-state index in [1.807, 2.05) is 26.0 Å². The molecule has 0 spiro atoms. The van der Waals surface area contributed by atoms with Crippen LogP contribution in [0.3, 0.4) is 0 Å². The van der Waals surface area contributed by atoms with E-state index in [9.17, 15) is 19.8 Å². The van der Waals surface area contributed by atoms with Crippen LogP contribution in [0.25, 0.3) is 0 Å². The molecular formula is C36H54O6Zn. The predicted molar refractivity (Wildman–Crippen MR) is 168 cm³/mol. The zero-order valence-corrected chi connectivity index (χ0v) is 30.6. The molecule has 7 heteroatoms. The van der Waals surface area contributed by atoms with Gasteiger partial charge in [-0.1, -0.05) is 128 Å². The molecular weight excluding hydrogens is 594 g/mol. The van der Waals surface area contributed by atoms with Gasteiger partial charge in [0.25, 0.3) is 0 Å². The van der Waals surface area contributed by atoms with Crippen LogP contribution in [0.5, 0.6) is 11.5 Å². The minimum Gasteiger partial charge on any atom is -0.872 e. The van der Waals surface area contributed by atoms with Crippen LogP contribution in [0, 0.1) is 11.8 Å². The maximum absolute atomic E-state index is 12.1. The molecule has 2 N–H and O–H groups in total. The van der Waals surface area contributed by atoms with Gasteiger partial charge in [0.05, 0.1) is 11.1 Å². The average molecular weight is 648 g/mol. The standard InChI is InChI=1S/2C18H28O3.Zn/c2*1-4-14-11-15(17(19)16(12-14)18(20)21)10-8-6-5-7-9-13(2)3;/h2*11-13,19H,4-10H2,1-3H3,(H,20,21);/q;;+2/p-2. The molecule has 0 amide bonds. The summed E-state index contributed by atoms with van der Waals surface area (Å²) < 4.78 is 0. The number of aromatic carboxylic acids is 2. The molecule has 2 rings (SSSR count). The van der Waals surface area contributed by atoms with Gasteiger partial charge >= 0.3 is 31.4 Å². The van der Waals surface area contributed by atoms with Gasteiger partial charge in [0.15, 0.2) is 0 Å². The molecule has 0 heterocycles. The van der Waals surface area contributed by atoms with Crippen molar-refractivity contribution < 1.29 is 49.5 Å². The molecule has 0 bridgehead atoms. The molecule has 2 aromatic carbocycles. The van der Waals surface area contributed by atoms with Crippen LogP contribution in [0.4, 0.5) is 0 Å². The van der Waals surface area contributed by atoms with Gasteiger partial charge in [0.2, 0.25) is 0 Å². The van der Waals surface area contributed by atoms with Gasteiger partial charge in [-0.15, -0.1) is 0 Å². The van der Waals surface area contributed by atoms with E-state index >= 15 is 0 Å². The third-order valence-corrected chi connectivity index (χ3v) is 7.68. The van der Waals surface area contributed by atoms with Crippen molar-refractivity contribution in [1.82, 2.24) is 0 Å².